The molecule has 5 heteroatoms. The molecule has 23 heavy (non-hydrogen) atoms. The average Bonchev–Trinajstić information content (AvgIpc) is 3.22. The normalized spacial score (nSPS) is 16.1. The fourth-order valence-corrected chi connectivity index (χ4v) is 2.12. The Hall–Kier alpha value is -1.59. The highest BCUT2D eigenvalue weighted by atomic mass is 16.6. The molecule has 0 saturated carbocycles. The summed E-state index contributed by atoms with van der Waals surface area (Å²) in [7, 11) is 0. The zero-order valence-corrected chi connectivity index (χ0v) is 14.0. The molecule has 0 aliphatic heterocycles. The van der Waals surface area contributed by atoms with Crippen molar-refractivity contribution in [3.05, 3.63) is 35.8 Å². The Morgan fingerprint density at radius 3 is 2.17 bits per heavy atom. The van der Waals surface area contributed by atoms with Gasteiger partial charge >= 0.3 is 5.97 Å². The molecule has 2 aliphatic carbocycles. The molecule has 0 radical (unpaired) electrons. The van der Waals surface area contributed by atoms with Gasteiger partial charge in [-0.05, 0) is 44.8 Å². The van der Waals surface area contributed by atoms with Crippen molar-refractivity contribution in [1.82, 2.24) is 0 Å². The highest BCUT2D eigenvalue weighted by molar-refractivity contribution is 5.86. The quantitative estimate of drug-likeness (QED) is 0.422. The van der Waals surface area contributed by atoms with Crippen molar-refractivity contribution in [2.45, 2.75) is 45.4 Å². The standard InChI is InChI=1S/C10H14O.C8H14O4/c1-2-6-9(5-1)11-10-7-3-4-8-10;1-7(2)8(10)12-6-5-11-4-3-9/h5,7H,1-4,6,8H2;9H,1,3-6H2,2H3. The maximum Gasteiger partial charge on any atom is 0.333 e. The van der Waals surface area contributed by atoms with Crippen molar-refractivity contribution in [1.29, 1.82) is 0 Å². The van der Waals surface area contributed by atoms with E-state index in [1.807, 2.05) is 0 Å². The molecule has 0 aromatic heterocycles. The molecule has 2 rings (SSSR count). The van der Waals surface area contributed by atoms with Crippen molar-refractivity contribution in [2.75, 3.05) is 26.4 Å². The van der Waals surface area contributed by atoms with Crippen LogP contribution in [0.4, 0.5) is 0 Å². The summed E-state index contributed by atoms with van der Waals surface area (Å²) in [5.41, 5.74) is 0.372. The van der Waals surface area contributed by atoms with E-state index < -0.39 is 5.97 Å². The fourth-order valence-electron chi connectivity index (χ4n) is 2.12. The molecule has 0 atom stereocenters. The largest absolute Gasteiger partial charge is 0.467 e. The van der Waals surface area contributed by atoms with Crippen molar-refractivity contribution >= 4 is 5.97 Å². The lowest BCUT2D eigenvalue weighted by atomic mass is 10.3. The van der Waals surface area contributed by atoms with Gasteiger partial charge in [0, 0.05) is 18.4 Å². The Kier molecular flexibility index (Phi) is 10.1. The van der Waals surface area contributed by atoms with Gasteiger partial charge in [0.1, 0.15) is 6.61 Å². The second-order valence-electron chi connectivity index (χ2n) is 5.48. The van der Waals surface area contributed by atoms with Gasteiger partial charge in [0.15, 0.2) is 0 Å². The summed E-state index contributed by atoms with van der Waals surface area (Å²) in [6.45, 7) is 5.75. The zero-order valence-electron chi connectivity index (χ0n) is 14.0. The first-order valence-electron chi connectivity index (χ1n) is 8.20. The van der Waals surface area contributed by atoms with Crippen LogP contribution in [0.25, 0.3) is 0 Å². The number of hydrogen-bond acceptors (Lipinski definition) is 5. The lowest BCUT2D eigenvalue weighted by Gasteiger charge is -2.05. The van der Waals surface area contributed by atoms with E-state index in [9.17, 15) is 4.79 Å². The number of carbonyl (C=O) groups is 1. The van der Waals surface area contributed by atoms with Crippen molar-refractivity contribution in [3.8, 4) is 0 Å². The minimum atomic E-state index is -0.414. The molecule has 2 aliphatic rings. The predicted molar refractivity (Wildman–Crippen MR) is 88.6 cm³/mol. The zero-order chi connectivity index (χ0) is 16.9. The Balaban J connectivity index is 0.000000230. The van der Waals surface area contributed by atoms with Gasteiger partial charge in [-0.2, -0.15) is 0 Å². The van der Waals surface area contributed by atoms with E-state index in [-0.39, 0.29) is 19.8 Å². The maximum absolute atomic E-state index is 10.7. The highest BCUT2D eigenvalue weighted by Crippen LogP contribution is 2.26. The number of aliphatic hydroxyl groups is 1. The van der Waals surface area contributed by atoms with Crippen LogP contribution in [-0.2, 0) is 19.0 Å². The number of rotatable bonds is 8. The van der Waals surface area contributed by atoms with Gasteiger partial charge in [-0.25, -0.2) is 4.79 Å². The Morgan fingerprint density at radius 2 is 1.74 bits per heavy atom. The molecule has 0 saturated heterocycles. The van der Waals surface area contributed by atoms with Crippen LogP contribution in [0.15, 0.2) is 35.8 Å². The van der Waals surface area contributed by atoms with Gasteiger partial charge in [0.2, 0.25) is 0 Å². The van der Waals surface area contributed by atoms with Crippen LogP contribution in [0.3, 0.4) is 0 Å². The Labute approximate surface area is 138 Å². The van der Waals surface area contributed by atoms with Gasteiger partial charge in [-0.3, -0.25) is 0 Å². The lowest BCUT2D eigenvalue weighted by molar-refractivity contribution is -0.140. The summed E-state index contributed by atoms with van der Waals surface area (Å²) in [5, 5.41) is 8.32. The van der Waals surface area contributed by atoms with E-state index in [1.54, 1.807) is 6.92 Å². The number of carbonyl (C=O) groups excluding carboxylic acids is 1. The molecule has 0 unspecified atom stereocenters. The van der Waals surface area contributed by atoms with Crippen LogP contribution in [0.1, 0.15) is 45.4 Å². The molecule has 0 bridgehead atoms. The van der Waals surface area contributed by atoms with E-state index >= 15 is 0 Å². The minimum Gasteiger partial charge on any atom is -0.467 e. The molecule has 0 aromatic carbocycles. The summed E-state index contributed by atoms with van der Waals surface area (Å²) >= 11 is 0. The molecule has 0 aromatic rings. The van der Waals surface area contributed by atoms with E-state index in [4.69, 9.17) is 19.3 Å². The molecule has 0 heterocycles. The third-order valence-corrected chi connectivity index (χ3v) is 3.31. The Morgan fingerprint density at radius 1 is 1.13 bits per heavy atom. The number of aliphatic hydroxyl groups excluding tert-OH is 1. The van der Waals surface area contributed by atoms with Crippen LogP contribution < -0.4 is 0 Å². The van der Waals surface area contributed by atoms with E-state index in [0.717, 1.165) is 12.8 Å². The van der Waals surface area contributed by atoms with E-state index in [1.165, 1.54) is 37.2 Å². The van der Waals surface area contributed by atoms with E-state index in [0.29, 0.717) is 12.2 Å². The second kappa shape index (κ2) is 11.9. The first-order valence-corrected chi connectivity index (χ1v) is 8.20. The maximum atomic E-state index is 10.7. The third-order valence-electron chi connectivity index (χ3n) is 3.31. The van der Waals surface area contributed by atoms with Crippen molar-refractivity contribution in [3.63, 3.8) is 0 Å². The predicted octanol–water partition coefficient (Wildman–Crippen LogP) is 3.25. The van der Waals surface area contributed by atoms with Crippen LogP contribution in [0, 0.1) is 0 Å². The SMILES string of the molecule is C1=C(OC2=CCCC2)CCC1.C=C(C)C(=O)OCCOCCO. The number of hydrogen-bond donors (Lipinski definition) is 1. The van der Waals surface area contributed by atoms with Crippen LogP contribution in [0.5, 0.6) is 0 Å². The van der Waals surface area contributed by atoms with Crippen LogP contribution >= 0.6 is 0 Å². The molecule has 0 amide bonds. The average molecular weight is 324 g/mol. The molecular weight excluding hydrogens is 296 g/mol. The molecule has 0 spiro atoms. The molecule has 5 nitrogen and oxygen atoms in total. The molecule has 130 valence electrons. The fraction of sp³-hybridized carbons (Fsp3) is 0.611. The molecule has 0 fully saturated rings. The first-order chi connectivity index (χ1) is 11.1. The summed E-state index contributed by atoms with van der Waals surface area (Å²) in [5.74, 6) is 2.00. The monoisotopic (exact) mass is 324 g/mol. The van der Waals surface area contributed by atoms with Crippen molar-refractivity contribution in [2.24, 2.45) is 0 Å². The molecule has 1 N–H and O–H groups in total. The number of esters is 1. The summed E-state index contributed by atoms with van der Waals surface area (Å²) in [6.07, 6.45) is 11.7. The smallest absolute Gasteiger partial charge is 0.333 e. The second-order valence-corrected chi connectivity index (χ2v) is 5.48. The first kappa shape index (κ1) is 19.5. The minimum absolute atomic E-state index is 0.0194. The van der Waals surface area contributed by atoms with Gasteiger partial charge in [-0.1, -0.05) is 6.58 Å². The number of ether oxygens (including phenoxy) is 3. The van der Waals surface area contributed by atoms with Gasteiger partial charge in [-0.15, -0.1) is 0 Å². The van der Waals surface area contributed by atoms with Gasteiger partial charge < -0.3 is 19.3 Å². The van der Waals surface area contributed by atoms with Crippen LogP contribution in [0.2, 0.25) is 0 Å². The number of allylic oxidation sites excluding steroid dienone is 4. The van der Waals surface area contributed by atoms with Gasteiger partial charge in [0.25, 0.3) is 0 Å². The highest BCUT2D eigenvalue weighted by Gasteiger charge is 2.10. The van der Waals surface area contributed by atoms with Crippen molar-refractivity contribution < 1.29 is 24.1 Å². The third kappa shape index (κ3) is 9.21. The summed E-state index contributed by atoms with van der Waals surface area (Å²) < 4.78 is 15.3. The summed E-state index contributed by atoms with van der Waals surface area (Å²) in [6, 6.07) is 0. The summed E-state index contributed by atoms with van der Waals surface area (Å²) in [4.78, 5) is 10.7. The van der Waals surface area contributed by atoms with E-state index in [2.05, 4.69) is 18.7 Å². The van der Waals surface area contributed by atoms with Crippen LogP contribution in [-0.4, -0.2) is 37.5 Å². The van der Waals surface area contributed by atoms with Gasteiger partial charge in [0.05, 0.1) is 31.3 Å². The topological polar surface area (TPSA) is 65.0 Å². The lowest BCUT2D eigenvalue weighted by Crippen LogP contribution is -2.12. The Bertz CT molecular complexity index is 415. The molecular formula is C18H28O5.